The number of methoxy groups -OCH3 is 1. The van der Waals surface area contributed by atoms with Crippen molar-refractivity contribution in [2.75, 3.05) is 53.0 Å². The number of nitrogens with zero attached hydrogens (tertiary/aromatic N) is 3. The molecule has 0 atom stereocenters. The van der Waals surface area contributed by atoms with E-state index < -0.39 is 0 Å². The Balaban J connectivity index is 1.68. The number of aromatic nitrogens is 1. The van der Waals surface area contributed by atoms with Crippen molar-refractivity contribution < 1.29 is 14.3 Å². The number of pyridine rings is 1. The van der Waals surface area contributed by atoms with Gasteiger partial charge in [0, 0.05) is 63.9 Å². The summed E-state index contributed by atoms with van der Waals surface area (Å²) in [5, 5.41) is 1.05. The molecule has 30 heavy (non-hydrogen) atoms. The molecule has 0 radical (unpaired) electrons. The van der Waals surface area contributed by atoms with Crippen LogP contribution in [0, 0.1) is 0 Å². The number of carbonyl (C=O) groups excluding carboxylic acids is 1. The van der Waals surface area contributed by atoms with Crippen LogP contribution in [0.25, 0.3) is 10.9 Å². The number of rotatable bonds is 8. The summed E-state index contributed by atoms with van der Waals surface area (Å²) in [5.74, 6) is 0.852. The van der Waals surface area contributed by atoms with E-state index >= 15 is 0 Å². The molecule has 164 valence electrons. The smallest absolute Gasteiger partial charge is 0.260 e. The van der Waals surface area contributed by atoms with E-state index in [0.29, 0.717) is 32.0 Å². The normalized spacial score (nSPS) is 15.2. The highest BCUT2D eigenvalue weighted by molar-refractivity contribution is 5.84. The molecule has 0 aliphatic carbocycles. The molecular formula is C23H33N3O4. The lowest BCUT2D eigenvalue weighted by atomic mass is 9.98. The first kappa shape index (κ1) is 22.3. The molecule has 1 fully saturated rings. The molecule has 1 saturated heterocycles. The van der Waals surface area contributed by atoms with Crippen molar-refractivity contribution in [3.05, 3.63) is 40.2 Å². The van der Waals surface area contributed by atoms with Crippen molar-refractivity contribution in [2.24, 2.45) is 0 Å². The Kier molecular flexibility index (Phi) is 7.50. The third-order valence-electron chi connectivity index (χ3n) is 5.75. The number of amides is 1. The molecule has 1 amide bonds. The maximum absolute atomic E-state index is 12.6. The number of aryl methyl sites for hydroxylation is 1. The van der Waals surface area contributed by atoms with Gasteiger partial charge in [0.15, 0.2) is 6.61 Å². The van der Waals surface area contributed by atoms with Crippen LogP contribution in [0.15, 0.2) is 29.1 Å². The Morgan fingerprint density at radius 1 is 1.13 bits per heavy atom. The van der Waals surface area contributed by atoms with Crippen molar-refractivity contribution in [3.63, 3.8) is 0 Å². The number of hydrogen-bond donors (Lipinski definition) is 0. The number of carbonyl (C=O) groups is 1. The first-order valence-corrected chi connectivity index (χ1v) is 10.7. The van der Waals surface area contributed by atoms with Gasteiger partial charge in [-0.25, -0.2) is 0 Å². The zero-order valence-corrected chi connectivity index (χ0v) is 18.5. The molecule has 0 spiro atoms. The molecule has 1 aromatic carbocycles. The van der Waals surface area contributed by atoms with E-state index in [1.54, 1.807) is 17.7 Å². The molecule has 2 aromatic rings. The molecular weight excluding hydrogens is 382 g/mol. The summed E-state index contributed by atoms with van der Waals surface area (Å²) in [6.45, 7) is 11.4. The van der Waals surface area contributed by atoms with Crippen molar-refractivity contribution in [2.45, 2.75) is 33.2 Å². The predicted octanol–water partition coefficient (Wildman–Crippen LogP) is 2.31. The zero-order valence-electron chi connectivity index (χ0n) is 18.5. The van der Waals surface area contributed by atoms with Crippen molar-refractivity contribution in [1.29, 1.82) is 0 Å². The van der Waals surface area contributed by atoms with Gasteiger partial charge in [0.05, 0.1) is 12.1 Å². The van der Waals surface area contributed by atoms with Crippen LogP contribution in [0.2, 0.25) is 0 Å². The fourth-order valence-corrected chi connectivity index (χ4v) is 3.96. The Labute approximate surface area is 178 Å². The average Bonchev–Trinajstić information content (AvgIpc) is 2.75. The van der Waals surface area contributed by atoms with E-state index in [1.165, 1.54) is 0 Å². The standard InChI is InChI=1S/C23H33N3O4/c1-5-26-21-14-18(6-7-19(21)20(17(2)3)15-22(26)27)30-16-23(28)25-10-8-24(9-11-25)12-13-29-4/h6-7,14-15,17H,5,8-13,16H2,1-4H3. The molecule has 7 heteroatoms. The molecule has 1 aromatic heterocycles. The topological polar surface area (TPSA) is 64.0 Å². The minimum absolute atomic E-state index is 0.00378. The average molecular weight is 416 g/mol. The minimum Gasteiger partial charge on any atom is -0.484 e. The van der Waals surface area contributed by atoms with Crippen molar-refractivity contribution >= 4 is 16.8 Å². The highest BCUT2D eigenvalue weighted by atomic mass is 16.5. The van der Waals surface area contributed by atoms with Crippen LogP contribution in [-0.2, 0) is 16.1 Å². The third-order valence-corrected chi connectivity index (χ3v) is 5.75. The number of piperazine rings is 1. The third kappa shape index (κ3) is 5.02. The number of benzene rings is 1. The number of ether oxygens (including phenoxy) is 2. The van der Waals surface area contributed by atoms with Gasteiger partial charge in [-0.05, 0) is 30.5 Å². The highest BCUT2D eigenvalue weighted by Gasteiger charge is 2.21. The Morgan fingerprint density at radius 3 is 2.50 bits per heavy atom. The van der Waals surface area contributed by atoms with Crippen LogP contribution >= 0.6 is 0 Å². The molecule has 0 bridgehead atoms. The van der Waals surface area contributed by atoms with Crippen molar-refractivity contribution in [1.82, 2.24) is 14.4 Å². The molecule has 0 N–H and O–H groups in total. The second-order valence-electron chi connectivity index (χ2n) is 8.02. The molecule has 7 nitrogen and oxygen atoms in total. The lowest BCUT2D eigenvalue weighted by Gasteiger charge is -2.34. The molecule has 3 rings (SSSR count). The van der Waals surface area contributed by atoms with Gasteiger partial charge in [0.1, 0.15) is 5.75 Å². The van der Waals surface area contributed by atoms with Crippen LogP contribution in [0.3, 0.4) is 0 Å². The van der Waals surface area contributed by atoms with E-state index in [1.807, 2.05) is 30.0 Å². The van der Waals surface area contributed by atoms with E-state index in [9.17, 15) is 9.59 Å². The molecule has 1 aliphatic rings. The largest absolute Gasteiger partial charge is 0.484 e. The summed E-state index contributed by atoms with van der Waals surface area (Å²) in [5.41, 5.74) is 1.88. The lowest BCUT2D eigenvalue weighted by Crippen LogP contribution is -2.50. The SMILES string of the molecule is CCn1c(=O)cc(C(C)C)c2ccc(OCC(=O)N3CCN(CCOC)CC3)cc21. The Morgan fingerprint density at radius 2 is 1.87 bits per heavy atom. The fourth-order valence-electron chi connectivity index (χ4n) is 3.96. The first-order chi connectivity index (χ1) is 14.4. The maximum Gasteiger partial charge on any atom is 0.260 e. The molecule has 1 aliphatic heterocycles. The summed E-state index contributed by atoms with van der Waals surface area (Å²) in [4.78, 5) is 29.2. The fraction of sp³-hybridized carbons (Fsp3) is 0.565. The first-order valence-electron chi connectivity index (χ1n) is 10.7. The van der Waals surface area contributed by atoms with Crippen LogP contribution in [0.1, 0.15) is 32.3 Å². The minimum atomic E-state index is -0.00898. The molecule has 0 unspecified atom stereocenters. The van der Waals surface area contributed by atoms with Crippen LogP contribution < -0.4 is 10.3 Å². The molecule has 2 heterocycles. The summed E-state index contributed by atoms with van der Waals surface area (Å²) in [7, 11) is 1.70. The zero-order chi connectivity index (χ0) is 21.7. The van der Waals surface area contributed by atoms with Gasteiger partial charge < -0.3 is 18.9 Å². The summed E-state index contributed by atoms with van der Waals surface area (Å²) in [6, 6.07) is 7.48. The molecule has 0 saturated carbocycles. The van der Waals surface area contributed by atoms with Crippen molar-refractivity contribution in [3.8, 4) is 5.75 Å². The Bertz CT molecular complexity index is 930. The van der Waals surface area contributed by atoms with Gasteiger partial charge in [-0.3, -0.25) is 14.5 Å². The summed E-state index contributed by atoms with van der Waals surface area (Å²) >= 11 is 0. The van der Waals surface area contributed by atoms with Gasteiger partial charge in [-0.1, -0.05) is 13.8 Å². The van der Waals surface area contributed by atoms with Crippen LogP contribution in [0.5, 0.6) is 5.75 Å². The van der Waals surface area contributed by atoms with Gasteiger partial charge in [-0.2, -0.15) is 0 Å². The predicted molar refractivity (Wildman–Crippen MR) is 118 cm³/mol. The van der Waals surface area contributed by atoms with E-state index in [-0.39, 0.29) is 24.0 Å². The number of fused-ring (bicyclic) bond motifs is 1. The van der Waals surface area contributed by atoms with Gasteiger partial charge >= 0.3 is 0 Å². The van der Waals surface area contributed by atoms with Gasteiger partial charge in [0.2, 0.25) is 0 Å². The maximum atomic E-state index is 12.6. The quantitative estimate of drug-likeness (QED) is 0.662. The summed E-state index contributed by atoms with van der Waals surface area (Å²) in [6.07, 6.45) is 0. The van der Waals surface area contributed by atoms with Gasteiger partial charge in [0.25, 0.3) is 11.5 Å². The van der Waals surface area contributed by atoms with E-state index in [4.69, 9.17) is 9.47 Å². The van der Waals surface area contributed by atoms with Gasteiger partial charge in [-0.15, -0.1) is 0 Å². The van der Waals surface area contributed by atoms with E-state index in [2.05, 4.69) is 18.7 Å². The highest BCUT2D eigenvalue weighted by Crippen LogP contribution is 2.27. The van der Waals surface area contributed by atoms with Crippen LogP contribution in [-0.4, -0.2) is 73.3 Å². The second kappa shape index (κ2) is 10.1. The summed E-state index contributed by atoms with van der Waals surface area (Å²) < 4.78 is 12.7. The lowest BCUT2D eigenvalue weighted by molar-refractivity contribution is -0.135. The second-order valence-corrected chi connectivity index (χ2v) is 8.02. The monoisotopic (exact) mass is 415 g/mol. The Hall–Kier alpha value is -2.38. The van der Waals surface area contributed by atoms with E-state index in [0.717, 1.165) is 36.1 Å². The van der Waals surface area contributed by atoms with Crippen LogP contribution in [0.4, 0.5) is 0 Å². The number of hydrogen-bond acceptors (Lipinski definition) is 5.